The van der Waals surface area contributed by atoms with Gasteiger partial charge in [0.15, 0.2) is 0 Å². The van der Waals surface area contributed by atoms with Crippen LogP contribution in [-0.4, -0.2) is 30.2 Å². The van der Waals surface area contributed by atoms with Gasteiger partial charge in [-0.1, -0.05) is 26.1 Å². The van der Waals surface area contributed by atoms with Gasteiger partial charge in [-0.05, 0) is 12.8 Å². The van der Waals surface area contributed by atoms with Gasteiger partial charge in [-0.3, -0.25) is 4.79 Å². The maximum atomic E-state index is 11.6. The number of thiocarbonyl (C=S) groups is 1. The number of nitrogens with two attached hydrogens (primary N) is 1. The molecule has 0 radical (unpaired) electrons. The summed E-state index contributed by atoms with van der Waals surface area (Å²) in [4.78, 5) is 12.0. The van der Waals surface area contributed by atoms with E-state index in [1.165, 1.54) is 0 Å². The van der Waals surface area contributed by atoms with Crippen LogP contribution in [0.3, 0.4) is 0 Å². The first kappa shape index (κ1) is 12.4. The van der Waals surface area contributed by atoms with Gasteiger partial charge in [0.05, 0.1) is 4.99 Å². The van der Waals surface area contributed by atoms with Gasteiger partial charge in [0.25, 0.3) is 0 Å². The van der Waals surface area contributed by atoms with E-state index in [0.29, 0.717) is 18.1 Å². The van der Waals surface area contributed by atoms with Crippen molar-refractivity contribution >= 4 is 23.1 Å². The molecule has 1 saturated heterocycles. The van der Waals surface area contributed by atoms with Crippen LogP contribution in [0.5, 0.6) is 0 Å². The van der Waals surface area contributed by atoms with E-state index < -0.39 is 0 Å². The highest BCUT2D eigenvalue weighted by molar-refractivity contribution is 7.80. The molecular formula is C10H18N2O2S. The van der Waals surface area contributed by atoms with Crippen LogP contribution in [0.2, 0.25) is 0 Å². The molecule has 1 fully saturated rings. The van der Waals surface area contributed by atoms with E-state index in [2.05, 4.69) is 5.32 Å². The fraction of sp³-hybridized carbons (Fsp3) is 0.800. The second kappa shape index (κ2) is 4.90. The van der Waals surface area contributed by atoms with Crippen LogP contribution in [0.4, 0.5) is 0 Å². The Kier molecular flexibility index (Phi) is 4.04. The van der Waals surface area contributed by atoms with Crippen LogP contribution in [-0.2, 0) is 9.53 Å². The van der Waals surface area contributed by atoms with Crippen molar-refractivity contribution in [2.75, 3.05) is 13.2 Å². The number of carbonyl (C=O) groups excluding carboxylic acids is 1. The summed E-state index contributed by atoms with van der Waals surface area (Å²) in [7, 11) is 0. The minimum absolute atomic E-state index is 0.0585. The molecule has 1 atom stereocenters. The Morgan fingerprint density at radius 3 is 2.80 bits per heavy atom. The third-order valence-corrected chi connectivity index (χ3v) is 3.15. The number of amides is 1. The molecule has 1 amide bonds. The van der Waals surface area contributed by atoms with Crippen LogP contribution < -0.4 is 11.1 Å². The zero-order valence-electron chi connectivity index (χ0n) is 9.21. The summed E-state index contributed by atoms with van der Waals surface area (Å²) in [6, 6.07) is 0. The summed E-state index contributed by atoms with van der Waals surface area (Å²) in [5.74, 6) is -0.0585. The van der Waals surface area contributed by atoms with E-state index >= 15 is 0 Å². The van der Waals surface area contributed by atoms with E-state index in [4.69, 9.17) is 22.7 Å². The first-order valence-electron chi connectivity index (χ1n) is 5.13. The van der Waals surface area contributed by atoms with Crippen molar-refractivity contribution < 1.29 is 9.53 Å². The molecule has 0 aromatic carbocycles. The van der Waals surface area contributed by atoms with Crippen LogP contribution in [0.25, 0.3) is 0 Å². The molecule has 1 aliphatic heterocycles. The number of nitrogens with one attached hydrogen (secondary N) is 1. The lowest BCUT2D eigenvalue weighted by molar-refractivity contribution is -0.130. The van der Waals surface area contributed by atoms with Crippen LogP contribution in [0, 0.1) is 5.41 Å². The molecule has 0 aromatic heterocycles. The monoisotopic (exact) mass is 230 g/mol. The second-order valence-electron chi connectivity index (χ2n) is 4.47. The summed E-state index contributed by atoms with van der Waals surface area (Å²) >= 11 is 4.91. The quantitative estimate of drug-likeness (QED) is 0.694. The third kappa shape index (κ3) is 3.43. The molecule has 86 valence electrons. The van der Waals surface area contributed by atoms with Gasteiger partial charge < -0.3 is 15.8 Å². The van der Waals surface area contributed by atoms with Gasteiger partial charge >= 0.3 is 0 Å². The van der Waals surface area contributed by atoms with Crippen molar-refractivity contribution in [1.29, 1.82) is 0 Å². The van der Waals surface area contributed by atoms with Crippen LogP contribution in [0.1, 0.15) is 26.7 Å². The molecular weight excluding hydrogens is 212 g/mol. The Balaban J connectivity index is 2.36. The molecule has 1 unspecified atom stereocenters. The summed E-state index contributed by atoms with van der Waals surface area (Å²) in [6.45, 7) is 4.95. The van der Waals surface area contributed by atoms with Gasteiger partial charge in [-0.2, -0.15) is 0 Å². The van der Waals surface area contributed by atoms with Gasteiger partial charge in [-0.25, -0.2) is 0 Å². The zero-order valence-corrected chi connectivity index (χ0v) is 10.0. The Morgan fingerprint density at radius 1 is 1.67 bits per heavy atom. The number of hydrogen-bond donors (Lipinski definition) is 2. The lowest BCUT2D eigenvalue weighted by Crippen LogP contribution is -2.44. The summed E-state index contributed by atoms with van der Waals surface area (Å²) < 4.78 is 5.26. The van der Waals surface area contributed by atoms with Crippen LogP contribution in [0.15, 0.2) is 0 Å². The molecule has 1 heterocycles. The van der Waals surface area contributed by atoms with E-state index in [1.54, 1.807) is 0 Å². The maximum Gasteiger partial charge on any atom is 0.249 e. The van der Waals surface area contributed by atoms with Crippen molar-refractivity contribution in [3.8, 4) is 0 Å². The molecule has 0 bridgehead atoms. The molecule has 5 heteroatoms. The smallest absolute Gasteiger partial charge is 0.249 e. The largest absolute Gasteiger partial charge is 0.393 e. The van der Waals surface area contributed by atoms with Gasteiger partial charge in [0, 0.05) is 18.6 Å². The molecule has 0 spiro atoms. The topological polar surface area (TPSA) is 64.3 Å². The first-order chi connectivity index (χ1) is 6.93. The first-order valence-corrected chi connectivity index (χ1v) is 5.53. The summed E-state index contributed by atoms with van der Waals surface area (Å²) in [6.07, 6.45) is 1.47. The average Bonchev–Trinajstić information content (AvgIpc) is 2.66. The molecule has 0 saturated carbocycles. The standard InChI is InChI=1S/C10H18N2O2S/c1-10(2,9(11)15)6-12-8(13)7-4-3-5-14-7/h7H,3-6H2,1-2H3,(H2,11,15)(H,12,13). The highest BCUT2D eigenvalue weighted by Gasteiger charge is 2.27. The predicted octanol–water partition coefficient (Wildman–Crippen LogP) is 0.594. The summed E-state index contributed by atoms with van der Waals surface area (Å²) in [5.41, 5.74) is 5.22. The van der Waals surface area contributed by atoms with Crippen molar-refractivity contribution in [3.05, 3.63) is 0 Å². The van der Waals surface area contributed by atoms with Gasteiger partial charge in [-0.15, -0.1) is 0 Å². The fourth-order valence-corrected chi connectivity index (χ4v) is 1.37. The maximum absolute atomic E-state index is 11.6. The fourth-order valence-electron chi connectivity index (χ4n) is 1.29. The highest BCUT2D eigenvalue weighted by atomic mass is 32.1. The van der Waals surface area contributed by atoms with E-state index in [-0.39, 0.29) is 17.4 Å². The number of ether oxygens (including phenoxy) is 1. The number of carbonyl (C=O) groups is 1. The Hall–Kier alpha value is -0.680. The lowest BCUT2D eigenvalue weighted by atomic mass is 9.93. The number of rotatable bonds is 4. The van der Waals surface area contributed by atoms with E-state index in [1.807, 2.05) is 13.8 Å². The molecule has 0 aliphatic carbocycles. The minimum atomic E-state index is -0.344. The van der Waals surface area contributed by atoms with E-state index in [9.17, 15) is 4.79 Å². The molecule has 1 rings (SSSR count). The molecule has 0 aromatic rings. The molecule has 4 nitrogen and oxygen atoms in total. The van der Waals surface area contributed by atoms with E-state index in [0.717, 1.165) is 12.8 Å². The minimum Gasteiger partial charge on any atom is -0.393 e. The number of hydrogen-bond acceptors (Lipinski definition) is 3. The molecule has 1 aliphatic rings. The molecule has 15 heavy (non-hydrogen) atoms. The zero-order chi connectivity index (χ0) is 11.5. The van der Waals surface area contributed by atoms with Gasteiger partial charge in [0.1, 0.15) is 6.10 Å². The normalized spacial score (nSPS) is 21.3. The predicted molar refractivity (Wildman–Crippen MR) is 62.6 cm³/mol. The lowest BCUT2D eigenvalue weighted by Gasteiger charge is -2.24. The Morgan fingerprint density at radius 2 is 2.33 bits per heavy atom. The highest BCUT2D eigenvalue weighted by Crippen LogP contribution is 2.15. The van der Waals surface area contributed by atoms with Crippen molar-refractivity contribution in [3.63, 3.8) is 0 Å². The SMILES string of the molecule is CC(C)(CNC(=O)C1CCCO1)C(N)=S. The summed E-state index contributed by atoms with van der Waals surface area (Å²) in [5, 5.41) is 2.81. The Bertz CT molecular complexity index is 260. The van der Waals surface area contributed by atoms with Crippen LogP contribution >= 0.6 is 12.2 Å². The van der Waals surface area contributed by atoms with Crippen molar-refractivity contribution in [1.82, 2.24) is 5.32 Å². The van der Waals surface area contributed by atoms with Crippen molar-refractivity contribution in [2.24, 2.45) is 11.1 Å². The average molecular weight is 230 g/mol. The van der Waals surface area contributed by atoms with Gasteiger partial charge in [0.2, 0.25) is 5.91 Å². The second-order valence-corrected chi connectivity index (χ2v) is 4.91. The molecule has 3 N–H and O–H groups in total. The van der Waals surface area contributed by atoms with Crippen molar-refractivity contribution in [2.45, 2.75) is 32.8 Å². The Labute approximate surface area is 95.5 Å². The third-order valence-electron chi connectivity index (χ3n) is 2.59.